The van der Waals surface area contributed by atoms with E-state index in [0.29, 0.717) is 10.6 Å². The lowest BCUT2D eigenvalue weighted by Crippen LogP contribution is -2.41. The Morgan fingerprint density at radius 1 is 0.872 bits per heavy atom. The molecule has 4 rings (SSSR count). The first-order chi connectivity index (χ1) is 18.8. The highest BCUT2D eigenvalue weighted by Crippen LogP contribution is 2.44. The molecule has 0 fully saturated rings. The number of methoxy groups -OCH3 is 2. The topological polar surface area (TPSA) is 132 Å². The largest absolute Gasteiger partial charge is 0.466 e. The van der Waals surface area contributed by atoms with Crippen LogP contribution in [0, 0.1) is 11.3 Å². The van der Waals surface area contributed by atoms with Crippen molar-refractivity contribution in [2.24, 2.45) is 5.73 Å². The van der Waals surface area contributed by atoms with Crippen LogP contribution in [0.5, 0.6) is 5.75 Å². The van der Waals surface area contributed by atoms with E-state index in [4.69, 9.17) is 31.5 Å². The Bertz CT molecular complexity index is 1540. The summed E-state index contributed by atoms with van der Waals surface area (Å²) >= 11 is 5.92. The van der Waals surface area contributed by atoms with Crippen LogP contribution in [0.25, 0.3) is 0 Å². The summed E-state index contributed by atoms with van der Waals surface area (Å²) in [4.78, 5) is 41.0. The van der Waals surface area contributed by atoms with Crippen molar-refractivity contribution < 1.29 is 28.6 Å². The van der Waals surface area contributed by atoms with E-state index in [2.05, 4.69) is 6.07 Å². The molecule has 1 atom stereocenters. The number of rotatable bonds is 6. The van der Waals surface area contributed by atoms with Gasteiger partial charge in [0, 0.05) is 5.02 Å². The number of esters is 3. The van der Waals surface area contributed by atoms with Gasteiger partial charge in [0.2, 0.25) is 0 Å². The number of allylic oxidation sites excluding steroid dienone is 1. The fourth-order valence-electron chi connectivity index (χ4n) is 4.27. The number of nitrogens with zero attached hydrogens (tertiary/aromatic N) is 2. The second-order valence-electron chi connectivity index (χ2n) is 8.20. The Labute approximate surface area is 229 Å². The summed E-state index contributed by atoms with van der Waals surface area (Å²) in [5, 5.41) is 10.7. The molecule has 0 saturated carbocycles. The molecule has 0 radical (unpaired) electrons. The van der Waals surface area contributed by atoms with E-state index >= 15 is 0 Å². The Morgan fingerprint density at radius 2 is 1.49 bits per heavy atom. The minimum atomic E-state index is -1.04. The molecule has 1 heterocycles. The molecule has 0 aromatic heterocycles. The second-order valence-corrected chi connectivity index (χ2v) is 8.63. The van der Waals surface area contributed by atoms with Crippen molar-refractivity contribution in [3.05, 3.63) is 118 Å². The van der Waals surface area contributed by atoms with Gasteiger partial charge in [-0.2, -0.15) is 5.26 Å². The first kappa shape index (κ1) is 27.0. The van der Waals surface area contributed by atoms with Gasteiger partial charge in [0.05, 0.1) is 48.6 Å². The van der Waals surface area contributed by atoms with E-state index in [-0.39, 0.29) is 39.7 Å². The standard InChI is InChI=1S/C29H22ClN3O6/c1-37-28(35)24-23(17-8-4-3-5-9-17)21(16-31)26(32)33(25(24)29(36)38-2)22-11-7-6-10-20(22)27(34)39-19-14-12-18(30)13-15-19/h3-15,23H,32H2,1-2H3. The molecule has 196 valence electrons. The SMILES string of the molecule is COC(=O)C1=C(C(=O)OC)N(c2ccccc2C(=O)Oc2ccc(Cl)cc2)C(N)=C(C#N)C1c1ccccc1. The molecule has 0 aliphatic carbocycles. The number of carbonyl (C=O) groups is 3. The molecule has 2 N–H and O–H groups in total. The summed E-state index contributed by atoms with van der Waals surface area (Å²) in [6.07, 6.45) is 0. The molecule has 3 aromatic carbocycles. The number of benzene rings is 3. The third-order valence-electron chi connectivity index (χ3n) is 6.00. The van der Waals surface area contributed by atoms with Crippen LogP contribution in [0.4, 0.5) is 5.69 Å². The maximum atomic E-state index is 13.3. The van der Waals surface area contributed by atoms with Gasteiger partial charge in [-0.15, -0.1) is 0 Å². The minimum Gasteiger partial charge on any atom is -0.466 e. The fraction of sp³-hybridized carbons (Fsp3) is 0.103. The number of ether oxygens (including phenoxy) is 3. The van der Waals surface area contributed by atoms with Crippen LogP contribution in [-0.4, -0.2) is 32.1 Å². The van der Waals surface area contributed by atoms with Gasteiger partial charge in [0.1, 0.15) is 17.3 Å². The van der Waals surface area contributed by atoms with Gasteiger partial charge < -0.3 is 19.9 Å². The summed E-state index contributed by atoms with van der Waals surface area (Å²) in [6, 6.07) is 23.0. The third kappa shape index (κ3) is 5.19. The Balaban J connectivity index is 1.97. The smallest absolute Gasteiger partial charge is 0.355 e. The highest BCUT2D eigenvalue weighted by atomic mass is 35.5. The molecule has 9 nitrogen and oxygen atoms in total. The summed E-state index contributed by atoms with van der Waals surface area (Å²) in [5.74, 6) is -3.59. The van der Waals surface area contributed by atoms with Crippen LogP contribution >= 0.6 is 11.6 Å². The van der Waals surface area contributed by atoms with Crippen molar-refractivity contribution in [3.8, 4) is 11.8 Å². The summed E-state index contributed by atoms with van der Waals surface area (Å²) < 4.78 is 15.6. The summed E-state index contributed by atoms with van der Waals surface area (Å²) in [5.41, 5.74) is 6.62. The van der Waals surface area contributed by atoms with Gasteiger partial charge in [-0.05, 0) is 42.0 Å². The zero-order valence-corrected chi connectivity index (χ0v) is 21.6. The van der Waals surface area contributed by atoms with Crippen LogP contribution in [0.3, 0.4) is 0 Å². The van der Waals surface area contributed by atoms with Crippen molar-refractivity contribution >= 4 is 35.2 Å². The van der Waals surface area contributed by atoms with Crippen LogP contribution in [-0.2, 0) is 19.1 Å². The molecule has 0 spiro atoms. The first-order valence-electron chi connectivity index (χ1n) is 11.5. The number of nitrogens with two attached hydrogens (primary N) is 1. The first-order valence-corrected chi connectivity index (χ1v) is 11.9. The average molecular weight is 544 g/mol. The molecule has 1 aliphatic heterocycles. The van der Waals surface area contributed by atoms with Gasteiger partial charge in [-0.1, -0.05) is 54.1 Å². The molecule has 1 aliphatic rings. The molecular weight excluding hydrogens is 522 g/mol. The average Bonchev–Trinajstić information content (AvgIpc) is 2.97. The molecule has 0 bridgehead atoms. The highest BCUT2D eigenvalue weighted by molar-refractivity contribution is 6.30. The van der Waals surface area contributed by atoms with Crippen LogP contribution in [0.15, 0.2) is 102 Å². The van der Waals surface area contributed by atoms with Crippen molar-refractivity contribution in [2.45, 2.75) is 5.92 Å². The van der Waals surface area contributed by atoms with Crippen LogP contribution in [0.1, 0.15) is 21.8 Å². The lowest BCUT2D eigenvalue weighted by atomic mass is 9.80. The van der Waals surface area contributed by atoms with Crippen molar-refractivity contribution in [1.82, 2.24) is 0 Å². The van der Waals surface area contributed by atoms with Crippen LogP contribution < -0.4 is 15.4 Å². The summed E-state index contributed by atoms with van der Waals surface area (Å²) in [7, 11) is 2.29. The van der Waals surface area contributed by atoms with Gasteiger partial charge >= 0.3 is 17.9 Å². The van der Waals surface area contributed by atoms with E-state index in [0.717, 1.165) is 19.1 Å². The fourth-order valence-corrected chi connectivity index (χ4v) is 4.40. The number of hydrogen-bond donors (Lipinski definition) is 1. The predicted molar refractivity (Wildman–Crippen MR) is 142 cm³/mol. The van der Waals surface area contributed by atoms with E-state index in [1.807, 2.05) is 0 Å². The Kier molecular flexibility index (Phi) is 7.98. The lowest BCUT2D eigenvalue weighted by molar-refractivity contribution is -0.139. The number of carbonyl (C=O) groups excluding carboxylic acids is 3. The van der Waals surface area contributed by atoms with Gasteiger partial charge in [-0.3, -0.25) is 4.90 Å². The minimum absolute atomic E-state index is 0.00327. The number of para-hydroxylation sites is 1. The molecule has 10 heteroatoms. The van der Waals surface area contributed by atoms with E-state index in [1.165, 1.54) is 24.3 Å². The molecular formula is C29H22ClN3O6. The molecule has 0 saturated heterocycles. The number of halogens is 1. The summed E-state index contributed by atoms with van der Waals surface area (Å²) in [6.45, 7) is 0. The maximum Gasteiger partial charge on any atom is 0.355 e. The molecule has 3 aromatic rings. The van der Waals surface area contributed by atoms with Gasteiger partial charge in [0.25, 0.3) is 0 Å². The number of anilines is 1. The monoisotopic (exact) mass is 543 g/mol. The molecule has 1 unspecified atom stereocenters. The van der Waals surface area contributed by atoms with E-state index in [1.54, 1.807) is 54.6 Å². The third-order valence-corrected chi connectivity index (χ3v) is 6.25. The van der Waals surface area contributed by atoms with E-state index in [9.17, 15) is 19.6 Å². The van der Waals surface area contributed by atoms with Gasteiger partial charge in [-0.25, -0.2) is 14.4 Å². The number of nitriles is 1. The van der Waals surface area contributed by atoms with Crippen molar-refractivity contribution in [2.75, 3.05) is 19.1 Å². The zero-order valence-electron chi connectivity index (χ0n) is 20.9. The quantitative estimate of drug-likeness (QED) is 0.353. The zero-order chi connectivity index (χ0) is 28.1. The van der Waals surface area contributed by atoms with Crippen LogP contribution in [0.2, 0.25) is 5.02 Å². The maximum absolute atomic E-state index is 13.3. The number of hydrogen-bond acceptors (Lipinski definition) is 9. The Hall–Kier alpha value is -5.07. The molecule has 39 heavy (non-hydrogen) atoms. The highest BCUT2D eigenvalue weighted by Gasteiger charge is 2.43. The lowest BCUT2D eigenvalue weighted by Gasteiger charge is -2.36. The Morgan fingerprint density at radius 3 is 2.10 bits per heavy atom. The normalized spacial score (nSPS) is 14.9. The van der Waals surface area contributed by atoms with E-state index < -0.39 is 23.8 Å². The molecule has 0 amide bonds. The van der Waals surface area contributed by atoms with Crippen molar-refractivity contribution in [3.63, 3.8) is 0 Å². The van der Waals surface area contributed by atoms with Gasteiger partial charge in [0.15, 0.2) is 0 Å². The predicted octanol–water partition coefficient (Wildman–Crippen LogP) is 4.46. The van der Waals surface area contributed by atoms with Crippen molar-refractivity contribution in [1.29, 1.82) is 5.26 Å². The second kappa shape index (κ2) is 11.5.